The SMILES string of the molecule is Cc1ccsc1CN(C)C(=O)CCc1ncc(-c2ccccc2Cl)o1. The lowest BCUT2D eigenvalue weighted by atomic mass is 10.2. The molecule has 2 heterocycles. The Morgan fingerprint density at radius 3 is 2.84 bits per heavy atom. The van der Waals surface area contributed by atoms with Crippen LogP contribution in [0.1, 0.15) is 22.8 Å². The zero-order chi connectivity index (χ0) is 17.8. The fourth-order valence-electron chi connectivity index (χ4n) is 2.49. The summed E-state index contributed by atoms with van der Waals surface area (Å²) in [7, 11) is 1.83. The summed E-state index contributed by atoms with van der Waals surface area (Å²) in [5, 5.41) is 2.67. The van der Waals surface area contributed by atoms with E-state index in [1.54, 1.807) is 22.4 Å². The van der Waals surface area contributed by atoms with Gasteiger partial charge in [0, 0.05) is 30.3 Å². The van der Waals surface area contributed by atoms with E-state index >= 15 is 0 Å². The van der Waals surface area contributed by atoms with Gasteiger partial charge in [-0.3, -0.25) is 4.79 Å². The number of oxazole rings is 1. The third kappa shape index (κ3) is 4.30. The van der Waals surface area contributed by atoms with Gasteiger partial charge >= 0.3 is 0 Å². The summed E-state index contributed by atoms with van der Waals surface area (Å²) in [5.74, 6) is 1.24. The van der Waals surface area contributed by atoms with Gasteiger partial charge in [-0.05, 0) is 36.1 Å². The van der Waals surface area contributed by atoms with Crippen molar-refractivity contribution in [1.82, 2.24) is 9.88 Å². The molecule has 1 amide bonds. The average Bonchev–Trinajstić information content (AvgIpc) is 3.22. The van der Waals surface area contributed by atoms with Crippen LogP contribution < -0.4 is 0 Å². The van der Waals surface area contributed by atoms with Crippen LogP contribution in [0.5, 0.6) is 0 Å². The van der Waals surface area contributed by atoms with Gasteiger partial charge < -0.3 is 9.32 Å². The summed E-state index contributed by atoms with van der Waals surface area (Å²) in [5.41, 5.74) is 2.03. The van der Waals surface area contributed by atoms with Crippen molar-refractivity contribution in [2.45, 2.75) is 26.3 Å². The highest BCUT2D eigenvalue weighted by Gasteiger charge is 2.14. The molecule has 130 valence electrons. The molecule has 1 aromatic carbocycles. The van der Waals surface area contributed by atoms with E-state index in [1.807, 2.05) is 36.7 Å². The average molecular weight is 375 g/mol. The highest BCUT2D eigenvalue weighted by Crippen LogP contribution is 2.28. The van der Waals surface area contributed by atoms with Crippen molar-refractivity contribution in [2.24, 2.45) is 0 Å². The molecule has 0 radical (unpaired) electrons. The maximum atomic E-state index is 12.3. The molecule has 0 aliphatic carbocycles. The number of nitrogens with zero attached hydrogens (tertiary/aromatic N) is 2. The van der Waals surface area contributed by atoms with Gasteiger partial charge in [-0.25, -0.2) is 4.98 Å². The first-order valence-electron chi connectivity index (χ1n) is 8.01. The highest BCUT2D eigenvalue weighted by atomic mass is 35.5. The lowest BCUT2D eigenvalue weighted by molar-refractivity contribution is -0.130. The molecule has 0 atom stereocenters. The fraction of sp³-hybridized carbons (Fsp3) is 0.263. The van der Waals surface area contributed by atoms with Gasteiger partial charge in [0.25, 0.3) is 0 Å². The molecule has 0 spiro atoms. The monoisotopic (exact) mass is 374 g/mol. The smallest absolute Gasteiger partial charge is 0.223 e. The molecule has 6 heteroatoms. The molecule has 3 aromatic rings. The molecule has 25 heavy (non-hydrogen) atoms. The molecular formula is C19H19ClN2O2S. The van der Waals surface area contributed by atoms with Crippen LogP contribution >= 0.6 is 22.9 Å². The third-order valence-corrected chi connectivity index (χ3v) is 5.36. The Bertz CT molecular complexity index is 872. The van der Waals surface area contributed by atoms with E-state index < -0.39 is 0 Å². The number of carbonyl (C=O) groups excluding carboxylic acids is 1. The van der Waals surface area contributed by atoms with Crippen molar-refractivity contribution in [2.75, 3.05) is 7.05 Å². The number of halogens is 1. The quantitative estimate of drug-likeness (QED) is 0.612. The van der Waals surface area contributed by atoms with E-state index in [-0.39, 0.29) is 5.91 Å². The maximum absolute atomic E-state index is 12.3. The molecule has 0 aliphatic heterocycles. The summed E-state index contributed by atoms with van der Waals surface area (Å²) < 4.78 is 5.74. The van der Waals surface area contributed by atoms with E-state index in [9.17, 15) is 4.79 Å². The third-order valence-electron chi connectivity index (χ3n) is 4.02. The van der Waals surface area contributed by atoms with Crippen molar-refractivity contribution in [3.05, 3.63) is 63.3 Å². The lowest BCUT2D eigenvalue weighted by Crippen LogP contribution is -2.26. The second-order valence-electron chi connectivity index (χ2n) is 5.87. The van der Waals surface area contributed by atoms with Crippen LogP contribution in [0.15, 0.2) is 46.3 Å². The van der Waals surface area contributed by atoms with E-state index in [4.69, 9.17) is 16.0 Å². The molecule has 0 saturated carbocycles. The Morgan fingerprint density at radius 1 is 1.32 bits per heavy atom. The minimum atomic E-state index is 0.0743. The molecular weight excluding hydrogens is 356 g/mol. The Morgan fingerprint density at radius 2 is 2.12 bits per heavy atom. The zero-order valence-electron chi connectivity index (χ0n) is 14.2. The zero-order valence-corrected chi connectivity index (χ0v) is 15.7. The van der Waals surface area contributed by atoms with E-state index in [1.165, 1.54) is 10.4 Å². The lowest BCUT2D eigenvalue weighted by Gasteiger charge is -2.16. The standard InChI is InChI=1S/C19H19ClN2O2S/c1-13-9-10-25-17(13)12-22(2)19(23)8-7-18-21-11-16(24-18)14-5-3-4-6-15(14)20/h3-6,9-11H,7-8,12H2,1-2H3. The van der Waals surface area contributed by atoms with E-state index in [2.05, 4.69) is 18.0 Å². The topological polar surface area (TPSA) is 46.3 Å². The Balaban J connectivity index is 1.58. The van der Waals surface area contributed by atoms with Crippen molar-refractivity contribution >= 4 is 28.8 Å². The first-order valence-corrected chi connectivity index (χ1v) is 9.27. The number of amides is 1. The predicted octanol–water partition coefficient (Wildman–Crippen LogP) is 4.96. The van der Waals surface area contributed by atoms with Crippen LogP contribution in [0.2, 0.25) is 5.02 Å². The van der Waals surface area contributed by atoms with Crippen LogP contribution in [-0.4, -0.2) is 22.8 Å². The first kappa shape index (κ1) is 17.7. The normalized spacial score (nSPS) is 10.8. The van der Waals surface area contributed by atoms with Crippen LogP contribution in [0, 0.1) is 6.92 Å². The van der Waals surface area contributed by atoms with Gasteiger partial charge in [0.15, 0.2) is 11.7 Å². The van der Waals surface area contributed by atoms with E-state index in [0.717, 1.165) is 5.56 Å². The van der Waals surface area contributed by atoms with Crippen LogP contribution in [0.3, 0.4) is 0 Å². The molecule has 0 N–H and O–H groups in total. The van der Waals surface area contributed by atoms with Crippen LogP contribution in [0.4, 0.5) is 0 Å². The minimum Gasteiger partial charge on any atom is -0.441 e. The van der Waals surface area contributed by atoms with Crippen molar-refractivity contribution in [3.8, 4) is 11.3 Å². The van der Waals surface area contributed by atoms with Crippen LogP contribution in [0.25, 0.3) is 11.3 Å². The number of carbonyl (C=O) groups is 1. The number of benzene rings is 1. The minimum absolute atomic E-state index is 0.0743. The van der Waals surface area contributed by atoms with Gasteiger partial charge in [0.1, 0.15) is 0 Å². The van der Waals surface area contributed by atoms with Crippen molar-refractivity contribution in [1.29, 1.82) is 0 Å². The number of thiophene rings is 1. The summed E-state index contributed by atoms with van der Waals surface area (Å²) in [6, 6.07) is 9.53. The second-order valence-corrected chi connectivity index (χ2v) is 7.28. The van der Waals surface area contributed by atoms with Gasteiger partial charge in [-0.15, -0.1) is 11.3 Å². The summed E-state index contributed by atoms with van der Waals surface area (Å²) in [6.45, 7) is 2.70. The molecule has 3 rings (SSSR count). The van der Waals surface area contributed by atoms with Gasteiger partial charge in [-0.2, -0.15) is 0 Å². The highest BCUT2D eigenvalue weighted by molar-refractivity contribution is 7.10. The molecule has 0 aliphatic rings. The maximum Gasteiger partial charge on any atom is 0.223 e. The van der Waals surface area contributed by atoms with E-state index in [0.29, 0.717) is 36.1 Å². The Labute approximate surface area is 156 Å². The Kier molecular flexibility index (Phi) is 5.56. The number of rotatable bonds is 6. The van der Waals surface area contributed by atoms with Gasteiger partial charge in [0.2, 0.25) is 5.91 Å². The van der Waals surface area contributed by atoms with Gasteiger partial charge in [-0.1, -0.05) is 23.7 Å². The number of hydrogen-bond acceptors (Lipinski definition) is 4. The second kappa shape index (κ2) is 7.85. The molecule has 2 aromatic heterocycles. The largest absolute Gasteiger partial charge is 0.441 e. The summed E-state index contributed by atoms with van der Waals surface area (Å²) >= 11 is 7.84. The number of aryl methyl sites for hydroxylation is 2. The molecule has 0 saturated heterocycles. The first-order chi connectivity index (χ1) is 12.0. The molecule has 0 unspecified atom stereocenters. The number of hydrogen-bond donors (Lipinski definition) is 0. The fourth-order valence-corrected chi connectivity index (χ4v) is 3.67. The Hall–Kier alpha value is -2.11. The van der Waals surface area contributed by atoms with Crippen molar-refractivity contribution < 1.29 is 9.21 Å². The van der Waals surface area contributed by atoms with Crippen molar-refractivity contribution in [3.63, 3.8) is 0 Å². The van der Waals surface area contributed by atoms with Crippen LogP contribution in [-0.2, 0) is 17.8 Å². The predicted molar refractivity (Wildman–Crippen MR) is 101 cm³/mol. The van der Waals surface area contributed by atoms with Gasteiger partial charge in [0.05, 0.1) is 17.8 Å². The number of aromatic nitrogens is 1. The molecule has 4 nitrogen and oxygen atoms in total. The molecule has 0 fully saturated rings. The molecule has 0 bridgehead atoms. The summed E-state index contributed by atoms with van der Waals surface area (Å²) in [4.78, 5) is 19.5. The summed E-state index contributed by atoms with van der Waals surface area (Å²) in [6.07, 6.45) is 2.49.